The SMILES string of the molecule is CC(C)CNC(=O)C1CCN(c2cccc(C(F)(F)F)c2)C1=O. The number of halogens is 3. The van der Waals surface area contributed by atoms with Gasteiger partial charge in [-0.05, 0) is 30.5 Å². The van der Waals surface area contributed by atoms with Crippen LogP contribution < -0.4 is 10.2 Å². The van der Waals surface area contributed by atoms with Crippen LogP contribution in [0.1, 0.15) is 25.8 Å². The summed E-state index contributed by atoms with van der Waals surface area (Å²) in [4.78, 5) is 25.6. The van der Waals surface area contributed by atoms with Gasteiger partial charge in [0, 0.05) is 18.8 Å². The third kappa shape index (κ3) is 4.03. The average Bonchev–Trinajstić information content (AvgIpc) is 2.86. The van der Waals surface area contributed by atoms with Crippen molar-refractivity contribution in [2.75, 3.05) is 18.0 Å². The van der Waals surface area contributed by atoms with Crippen molar-refractivity contribution in [3.8, 4) is 0 Å². The highest BCUT2D eigenvalue weighted by Gasteiger charge is 2.38. The second-order valence-corrected chi connectivity index (χ2v) is 6.02. The van der Waals surface area contributed by atoms with Crippen molar-refractivity contribution >= 4 is 17.5 Å². The van der Waals surface area contributed by atoms with Gasteiger partial charge in [-0.25, -0.2) is 0 Å². The minimum atomic E-state index is -4.47. The molecule has 4 nitrogen and oxygen atoms in total. The van der Waals surface area contributed by atoms with E-state index in [-0.39, 0.29) is 24.1 Å². The molecular weight excluding hydrogens is 309 g/mol. The molecule has 1 heterocycles. The topological polar surface area (TPSA) is 49.4 Å². The molecule has 1 fully saturated rings. The Labute approximate surface area is 132 Å². The summed E-state index contributed by atoms with van der Waals surface area (Å²) in [6.45, 7) is 4.57. The van der Waals surface area contributed by atoms with E-state index in [4.69, 9.17) is 0 Å². The molecule has 0 saturated carbocycles. The van der Waals surface area contributed by atoms with Gasteiger partial charge >= 0.3 is 6.18 Å². The van der Waals surface area contributed by atoms with Crippen molar-refractivity contribution in [2.45, 2.75) is 26.4 Å². The Bertz CT molecular complexity index is 599. The average molecular weight is 328 g/mol. The number of benzene rings is 1. The fraction of sp³-hybridized carbons (Fsp3) is 0.500. The second kappa shape index (κ2) is 6.60. The Morgan fingerprint density at radius 2 is 2.09 bits per heavy atom. The highest BCUT2D eigenvalue weighted by Crippen LogP contribution is 2.33. The van der Waals surface area contributed by atoms with Crippen LogP contribution in [0, 0.1) is 11.8 Å². The van der Waals surface area contributed by atoms with E-state index in [1.54, 1.807) is 0 Å². The summed E-state index contributed by atoms with van der Waals surface area (Å²) in [6, 6.07) is 4.60. The van der Waals surface area contributed by atoms with Crippen molar-refractivity contribution in [2.24, 2.45) is 11.8 Å². The van der Waals surface area contributed by atoms with Gasteiger partial charge in [-0.15, -0.1) is 0 Å². The maximum Gasteiger partial charge on any atom is 0.416 e. The Morgan fingerprint density at radius 3 is 2.70 bits per heavy atom. The summed E-state index contributed by atoms with van der Waals surface area (Å²) in [5.74, 6) is -1.39. The lowest BCUT2D eigenvalue weighted by Gasteiger charge is -2.18. The highest BCUT2D eigenvalue weighted by atomic mass is 19.4. The smallest absolute Gasteiger partial charge is 0.355 e. The molecule has 1 aromatic rings. The number of hydrogen-bond donors (Lipinski definition) is 1. The van der Waals surface area contributed by atoms with Crippen molar-refractivity contribution in [3.63, 3.8) is 0 Å². The maximum absolute atomic E-state index is 12.8. The largest absolute Gasteiger partial charge is 0.416 e. The minimum Gasteiger partial charge on any atom is -0.355 e. The van der Waals surface area contributed by atoms with Gasteiger partial charge in [0.2, 0.25) is 11.8 Å². The number of amides is 2. The minimum absolute atomic E-state index is 0.170. The molecule has 1 aliphatic heterocycles. The van der Waals surface area contributed by atoms with Crippen molar-refractivity contribution in [3.05, 3.63) is 29.8 Å². The highest BCUT2D eigenvalue weighted by molar-refractivity contribution is 6.09. The lowest BCUT2D eigenvalue weighted by Crippen LogP contribution is -2.38. The molecule has 2 rings (SSSR count). The number of rotatable bonds is 4. The first-order valence-corrected chi connectivity index (χ1v) is 7.46. The van der Waals surface area contributed by atoms with E-state index in [0.29, 0.717) is 13.0 Å². The normalized spacial score (nSPS) is 18.6. The molecule has 1 atom stereocenters. The summed E-state index contributed by atoms with van der Waals surface area (Å²) >= 11 is 0. The number of carbonyl (C=O) groups excluding carboxylic acids is 2. The second-order valence-electron chi connectivity index (χ2n) is 6.02. The molecule has 0 aromatic heterocycles. The first-order chi connectivity index (χ1) is 10.7. The molecule has 1 N–H and O–H groups in total. The van der Waals surface area contributed by atoms with E-state index < -0.39 is 23.6 Å². The van der Waals surface area contributed by atoms with Gasteiger partial charge in [-0.3, -0.25) is 9.59 Å². The zero-order valence-corrected chi connectivity index (χ0v) is 13.0. The van der Waals surface area contributed by atoms with Crippen LogP contribution >= 0.6 is 0 Å². The summed E-state index contributed by atoms with van der Waals surface area (Å²) in [5, 5.41) is 2.70. The first-order valence-electron chi connectivity index (χ1n) is 7.46. The zero-order valence-electron chi connectivity index (χ0n) is 13.0. The number of anilines is 1. The molecule has 1 aliphatic rings. The Morgan fingerprint density at radius 1 is 1.39 bits per heavy atom. The van der Waals surface area contributed by atoms with E-state index >= 15 is 0 Å². The number of alkyl halides is 3. The van der Waals surface area contributed by atoms with Crippen LogP contribution in [0.4, 0.5) is 18.9 Å². The number of nitrogens with one attached hydrogen (secondary N) is 1. The Balaban J connectivity index is 2.12. The van der Waals surface area contributed by atoms with Crippen molar-refractivity contribution < 1.29 is 22.8 Å². The van der Waals surface area contributed by atoms with Crippen LogP contribution in [-0.4, -0.2) is 24.9 Å². The van der Waals surface area contributed by atoms with Crippen molar-refractivity contribution in [1.82, 2.24) is 5.32 Å². The third-order valence-electron chi connectivity index (χ3n) is 3.69. The third-order valence-corrected chi connectivity index (χ3v) is 3.69. The molecule has 7 heteroatoms. The molecule has 1 aromatic carbocycles. The van der Waals surface area contributed by atoms with Gasteiger partial charge in [0.1, 0.15) is 5.92 Å². The van der Waals surface area contributed by atoms with E-state index in [0.717, 1.165) is 12.1 Å². The maximum atomic E-state index is 12.8. The van der Waals surface area contributed by atoms with Crippen LogP contribution in [0.2, 0.25) is 0 Å². The molecular formula is C16H19F3N2O2. The Kier molecular flexibility index (Phi) is 4.97. The lowest BCUT2D eigenvalue weighted by molar-refractivity contribution is -0.138. The molecule has 0 radical (unpaired) electrons. The predicted molar refractivity (Wildman–Crippen MR) is 79.8 cm³/mol. The van der Waals surface area contributed by atoms with Crippen LogP contribution in [0.15, 0.2) is 24.3 Å². The Hall–Kier alpha value is -2.05. The molecule has 0 aliphatic carbocycles. The molecule has 0 bridgehead atoms. The lowest BCUT2D eigenvalue weighted by atomic mass is 10.1. The predicted octanol–water partition coefficient (Wildman–Crippen LogP) is 2.83. The van der Waals surface area contributed by atoms with E-state index in [1.807, 2.05) is 13.8 Å². The fourth-order valence-electron chi connectivity index (χ4n) is 2.46. The zero-order chi connectivity index (χ0) is 17.2. The molecule has 126 valence electrons. The first kappa shape index (κ1) is 17.3. The van der Waals surface area contributed by atoms with E-state index in [1.165, 1.54) is 17.0 Å². The van der Waals surface area contributed by atoms with Gasteiger partial charge in [0.15, 0.2) is 0 Å². The van der Waals surface area contributed by atoms with Crippen LogP contribution in [0.3, 0.4) is 0 Å². The van der Waals surface area contributed by atoms with Gasteiger partial charge < -0.3 is 10.2 Å². The number of carbonyl (C=O) groups is 2. The molecule has 23 heavy (non-hydrogen) atoms. The van der Waals surface area contributed by atoms with E-state index in [9.17, 15) is 22.8 Å². The van der Waals surface area contributed by atoms with Crippen molar-refractivity contribution in [1.29, 1.82) is 0 Å². The van der Waals surface area contributed by atoms with E-state index in [2.05, 4.69) is 5.32 Å². The summed E-state index contributed by atoms with van der Waals surface area (Å²) < 4.78 is 38.3. The summed E-state index contributed by atoms with van der Waals surface area (Å²) in [5.41, 5.74) is -0.639. The summed E-state index contributed by atoms with van der Waals surface area (Å²) in [6.07, 6.45) is -4.16. The number of hydrogen-bond acceptors (Lipinski definition) is 2. The molecule has 1 saturated heterocycles. The van der Waals surface area contributed by atoms with Gasteiger partial charge in [-0.1, -0.05) is 19.9 Å². The molecule has 2 amide bonds. The monoisotopic (exact) mass is 328 g/mol. The van der Waals surface area contributed by atoms with Gasteiger partial charge in [0.05, 0.1) is 5.56 Å². The van der Waals surface area contributed by atoms with Crippen LogP contribution in [-0.2, 0) is 15.8 Å². The molecule has 1 unspecified atom stereocenters. The van der Waals surface area contributed by atoms with Gasteiger partial charge in [0.25, 0.3) is 0 Å². The summed E-state index contributed by atoms with van der Waals surface area (Å²) in [7, 11) is 0. The molecule has 0 spiro atoms. The quantitative estimate of drug-likeness (QED) is 0.864. The number of nitrogens with zero attached hydrogens (tertiary/aromatic N) is 1. The fourth-order valence-corrected chi connectivity index (χ4v) is 2.46. The standard InChI is InChI=1S/C16H19F3N2O2/c1-10(2)9-20-14(22)13-6-7-21(15(13)23)12-5-3-4-11(8-12)16(17,18)19/h3-5,8,10,13H,6-7,9H2,1-2H3,(H,20,22). The van der Waals surface area contributed by atoms with Crippen LogP contribution in [0.25, 0.3) is 0 Å². The van der Waals surface area contributed by atoms with Crippen LogP contribution in [0.5, 0.6) is 0 Å². The van der Waals surface area contributed by atoms with Gasteiger partial charge in [-0.2, -0.15) is 13.2 Å².